The monoisotopic (exact) mass is 340 g/mol. The van der Waals surface area contributed by atoms with Gasteiger partial charge in [-0.3, -0.25) is 4.68 Å². The second-order valence-corrected chi connectivity index (χ2v) is 7.03. The predicted octanol–water partition coefficient (Wildman–Crippen LogP) is 3.79. The van der Waals surface area contributed by atoms with E-state index >= 15 is 0 Å². The number of hydrogen-bond acceptors (Lipinski definition) is 5. The predicted molar refractivity (Wildman–Crippen MR) is 85.6 cm³/mol. The summed E-state index contributed by atoms with van der Waals surface area (Å²) in [6.45, 7) is 2.75. The minimum absolute atomic E-state index is 0.185. The van der Waals surface area contributed by atoms with Crippen LogP contribution in [0.2, 0.25) is 4.34 Å². The van der Waals surface area contributed by atoms with Crippen molar-refractivity contribution in [2.45, 2.75) is 31.9 Å². The topological polar surface area (TPSA) is 53.4 Å². The zero-order valence-electron chi connectivity index (χ0n) is 12.4. The highest BCUT2D eigenvalue weighted by atomic mass is 35.5. The highest BCUT2D eigenvalue weighted by Gasteiger charge is 2.26. The molecule has 5 nitrogen and oxygen atoms in total. The fourth-order valence-electron chi connectivity index (χ4n) is 2.71. The first-order valence-corrected chi connectivity index (χ1v) is 8.33. The van der Waals surface area contributed by atoms with Crippen molar-refractivity contribution in [1.29, 1.82) is 0 Å². The summed E-state index contributed by atoms with van der Waals surface area (Å²) in [7, 11) is 1.36. The van der Waals surface area contributed by atoms with Crippen LogP contribution in [0.15, 0.2) is 18.2 Å². The van der Waals surface area contributed by atoms with Gasteiger partial charge in [0.2, 0.25) is 0 Å². The van der Waals surface area contributed by atoms with E-state index in [0.29, 0.717) is 16.6 Å². The summed E-state index contributed by atoms with van der Waals surface area (Å²) in [6, 6.07) is 5.78. The highest BCUT2D eigenvalue weighted by Crippen LogP contribution is 2.35. The first-order valence-electron chi connectivity index (χ1n) is 7.13. The molecule has 0 radical (unpaired) electrons. The van der Waals surface area contributed by atoms with Crippen LogP contribution >= 0.6 is 22.9 Å². The zero-order valence-corrected chi connectivity index (χ0v) is 14.0. The average molecular weight is 341 g/mol. The molecule has 1 fully saturated rings. The summed E-state index contributed by atoms with van der Waals surface area (Å²) in [5.41, 5.74) is 1.22. The molecule has 2 aromatic heterocycles. The number of rotatable bonds is 3. The molecule has 3 rings (SSSR count). The van der Waals surface area contributed by atoms with E-state index in [1.807, 2.05) is 16.8 Å². The number of ether oxygens (including phenoxy) is 2. The van der Waals surface area contributed by atoms with E-state index in [0.717, 1.165) is 23.4 Å². The number of carbonyl (C=O) groups is 1. The molecule has 0 amide bonds. The molecule has 2 atom stereocenters. The SMILES string of the molecule is COC(=O)c1cc(-c2ccc(Cl)s2)n(C2CCOC(C)C2)n1. The van der Waals surface area contributed by atoms with E-state index in [9.17, 15) is 4.79 Å². The molecular weight excluding hydrogens is 324 g/mol. The van der Waals surface area contributed by atoms with Crippen LogP contribution in [0.5, 0.6) is 0 Å². The molecule has 0 saturated carbocycles. The quantitative estimate of drug-likeness (QED) is 0.798. The number of thiophene rings is 1. The Labute approximate surface area is 137 Å². The molecule has 2 unspecified atom stereocenters. The van der Waals surface area contributed by atoms with E-state index in [4.69, 9.17) is 21.1 Å². The van der Waals surface area contributed by atoms with Gasteiger partial charge in [0.1, 0.15) is 0 Å². The molecule has 0 aromatic carbocycles. The van der Waals surface area contributed by atoms with Crippen LogP contribution in [0.3, 0.4) is 0 Å². The van der Waals surface area contributed by atoms with E-state index in [1.54, 1.807) is 6.07 Å². The van der Waals surface area contributed by atoms with Crippen molar-refractivity contribution in [2.24, 2.45) is 0 Å². The lowest BCUT2D eigenvalue weighted by Crippen LogP contribution is -2.26. The molecule has 3 heterocycles. The molecule has 0 bridgehead atoms. The molecule has 7 heteroatoms. The van der Waals surface area contributed by atoms with Gasteiger partial charge in [0.25, 0.3) is 0 Å². The Bertz CT molecular complexity index is 682. The zero-order chi connectivity index (χ0) is 15.7. The van der Waals surface area contributed by atoms with Gasteiger partial charge in [-0.05, 0) is 38.0 Å². The maximum Gasteiger partial charge on any atom is 0.358 e. The lowest BCUT2D eigenvalue weighted by Gasteiger charge is -2.28. The lowest BCUT2D eigenvalue weighted by molar-refractivity contribution is 0.00378. The number of nitrogens with zero attached hydrogens (tertiary/aromatic N) is 2. The Morgan fingerprint density at radius 2 is 2.36 bits per heavy atom. The van der Waals surface area contributed by atoms with Gasteiger partial charge in [-0.1, -0.05) is 11.6 Å². The van der Waals surface area contributed by atoms with Crippen LogP contribution < -0.4 is 0 Å². The largest absolute Gasteiger partial charge is 0.464 e. The fourth-order valence-corrected chi connectivity index (χ4v) is 3.76. The van der Waals surface area contributed by atoms with Crippen molar-refractivity contribution in [3.8, 4) is 10.6 Å². The Hall–Kier alpha value is -1.37. The van der Waals surface area contributed by atoms with Gasteiger partial charge < -0.3 is 9.47 Å². The molecule has 22 heavy (non-hydrogen) atoms. The lowest BCUT2D eigenvalue weighted by atomic mass is 10.0. The number of aromatic nitrogens is 2. The van der Waals surface area contributed by atoms with Crippen molar-refractivity contribution in [3.63, 3.8) is 0 Å². The number of carbonyl (C=O) groups excluding carboxylic acids is 1. The van der Waals surface area contributed by atoms with Crippen LogP contribution in [-0.4, -0.2) is 35.6 Å². The van der Waals surface area contributed by atoms with Gasteiger partial charge in [-0.15, -0.1) is 11.3 Å². The first-order chi connectivity index (χ1) is 10.6. The summed E-state index contributed by atoms with van der Waals surface area (Å²) in [5.74, 6) is -0.428. The maximum absolute atomic E-state index is 11.8. The van der Waals surface area contributed by atoms with E-state index in [-0.39, 0.29) is 12.1 Å². The summed E-state index contributed by atoms with van der Waals surface area (Å²) < 4.78 is 13.0. The molecular formula is C15H17ClN2O3S. The second kappa shape index (κ2) is 6.40. The van der Waals surface area contributed by atoms with Crippen LogP contribution in [0.25, 0.3) is 10.6 Å². The Kier molecular flexibility index (Phi) is 4.52. The van der Waals surface area contributed by atoms with Gasteiger partial charge in [0.15, 0.2) is 5.69 Å². The fraction of sp³-hybridized carbons (Fsp3) is 0.467. The number of hydrogen-bond donors (Lipinski definition) is 0. The molecule has 2 aromatic rings. The maximum atomic E-state index is 11.8. The van der Waals surface area contributed by atoms with Gasteiger partial charge in [0, 0.05) is 6.61 Å². The third-order valence-corrected chi connectivity index (χ3v) is 5.01. The standard InChI is InChI=1S/C15H17ClN2O3S/c1-9-7-10(5-6-21-9)18-12(13-3-4-14(16)22-13)8-11(17-18)15(19)20-2/h3-4,8-10H,5-7H2,1-2H3. The summed E-state index contributed by atoms with van der Waals surface area (Å²) in [4.78, 5) is 12.8. The smallest absolute Gasteiger partial charge is 0.358 e. The molecule has 1 aliphatic heterocycles. The van der Waals surface area contributed by atoms with Crippen molar-refractivity contribution < 1.29 is 14.3 Å². The normalized spacial score (nSPS) is 21.8. The van der Waals surface area contributed by atoms with Gasteiger partial charge in [-0.25, -0.2) is 4.79 Å². The summed E-state index contributed by atoms with van der Waals surface area (Å²) in [5, 5.41) is 4.47. The Morgan fingerprint density at radius 1 is 1.55 bits per heavy atom. The van der Waals surface area contributed by atoms with Crippen molar-refractivity contribution >= 4 is 28.9 Å². The molecule has 0 spiro atoms. The van der Waals surface area contributed by atoms with Gasteiger partial charge >= 0.3 is 5.97 Å². The Morgan fingerprint density at radius 3 is 3.00 bits per heavy atom. The molecule has 0 aliphatic carbocycles. The first kappa shape index (κ1) is 15.5. The third-order valence-electron chi connectivity index (χ3n) is 3.76. The van der Waals surface area contributed by atoms with Crippen LogP contribution in [0.4, 0.5) is 0 Å². The van der Waals surface area contributed by atoms with E-state index < -0.39 is 5.97 Å². The van der Waals surface area contributed by atoms with Gasteiger partial charge in [0.05, 0.1) is 34.2 Å². The molecule has 118 valence electrons. The minimum atomic E-state index is -0.428. The van der Waals surface area contributed by atoms with Crippen LogP contribution in [-0.2, 0) is 9.47 Å². The number of methoxy groups -OCH3 is 1. The summed E-state index contributed by atoms with van der Waals surface area (Å²) in [6.07, 6.45) is 1.93. The van der Waals surface area contributed by atoms with Gasteiger partial charge in [-0.2, -0.15) is 5.10 Å². The van der Waals surface area contributed by atoms with Crippen molar-refractivity contribution in [2.75, 3.05) is 13.7 Å². The average Bonchev–Trinajstić information content (AvgIpc) is 3.12. The van der Waals surface area contributed by atoms with E-state index in [2.05, 4.69) is 12.0 Å². The Balaban J connectivity index is 2.02. The van der Waals surface area contributed by atoms with Crippen molar-refractivity contribution in [3.05, 3.63) is 28.2 Å². The van der Waals surface area contributed by atoms with Crippen LogP contribution in [0, 0.1) is 0 Å². The molecule has 1 aliphatic rings. The number of halogens is 1. The highest BCUT2D eigenvalue weighted by molar-refractivity contribution is 7.19. The van der Waals surface area contributed by atoms with E-state index in [1.165, 1.54) is 18.4 Å². The summed E-state index contributed by atoms with van der Waals surface area (Å²) >= 11 is 7.52. The van der Waals surface area contributed by atoms with Crippen LogP contribution in [0.1, 0.15) is 36.3 Å². The second-order valence-electron chi connectivity index (χ2n) is 5.31. The number of esters is 1. The minimum Gasteiger partial charge on any atom is -0.464 e. The van der Waals surface area contributed by atoms with Crippen molar-refractivity contribution in [1.82, 2.24) is 9.78 Å². The third kappa shape index (κ3) is 3.04. The molecule has 0 N–H and O–H groups in total. The molecule has 1 saturated heterocycles.